The third-order valence-corrected chi connectivity index (χ3v) is 4.85. The van der Waals surface area contributed by atoms with Crippen LogP contribution in [0.4, 0.5) is 0 Å². The molecular weight excluding hydrogens is 284 g/mol. The minimum absolute atomic E-state index is 0.711. The normalized spacial score (nSPS) is 20.7. The average molecular weight is 309 g/mol. The fraction of sp³-hybridized carbons (Fsp3) is 0.647. The molecule has 1 saturated heterocycles. The zero-order valence-electron chi connectivity index (χ0n) is 12.8. The summed E-state index contributed by atoms with van der Waals surface area (Å²) < 4.78 is 5.44. The number of methoxy groups -OCH3 is 1. The Kier molecular flexibility index (Phi) is 5.04. The lowest BCUT2D eigenvalue weighted by Crippen LogP contribution is -2.42. The van der Waals surface area contributed by atoms with Crippen LogP contribution in [0.1, 0.15) is 31.2 Å². The van der Waals surface area contributed by atoms with Gasteiger partial charge in [-0.05, 0) is 69.4 Å². The van der Waals surface area contributed by atoms with E-state index < -0.39 is 0 Å². The summed E-state index contributed by atoms with van der Waals surface area (Å²) in [5, 5.41) is 4.51. The van der Waals surface area contributed by atoms with Crippen molar-refractivity contribution in [3.63, 3.8) is 0 Å². The number of nitrogens with zero attached hydrogens (tertiary/aromatic N) is 1. The molecule has 0 spiro atoms. The minimum Gasteiger partial charge on any atom is -0.496 e. The molecule has 21 heavy (non-hydrogen) atoms. The van der Waals surface area contributed by atoms with Crippen LogP contribution in [0.25, 0.3) is 0 Å². The lowest BCUT2D eigenvalue weighted by atomic mass is 10.0. The van der Waals surface area contributed by atoms with Crippen molar-refractivity contribution in [2.75, 3.05) is 26.7 Å². The van der Waals surface area contributed by atoms with Crippen LogP contribution < -0.4 is 10.1 Å². The number of likely N-dealkylation sites (tertiary alicyclic amines) is 1. The van der Waals surface area contributed by atoms with E-state index >= 15 is 0 Å². The van der Waals surface area contributed by atoms with Gasteiger partial charge in [0.05, 0.1) is 7.11 Å². The summed E-state index contributed by atoms with van der Waals surface area (Å²) in [5.74, 6) is 1.91. The van der Waals surface area contributed by atoms with Crippen molar-refractivity contribution in [3.05, 3.63) is 28.8 Å². The molecule has 0 atom stereocenters. The molecule has 1 saturated carbocycles. The molecule has 1 heterocycles. The average Bonchev–Trinajstić information content (AvgIpc) is 3.31. The lowest BCUT2D eigenvalue weighted by molar-refractivity contribution is 0.188. The van der Waals surface area contributed by atoms with Crippen molar-refractivity contribution in [2.24, 2.45) is 5.92 Å². The largest absolute Gasteiger partial charge is 0.496 e. The highest BCUT2D eigenvalue weighted by atomic mass is 35.5. The standard InChI is InChI=1S/C17H25ClN2O/c1-21-17-5-4-15(18)10-14(17)12-20-8-6-16(7-9-20)19-11-13-2-3-13/h4-5,10,13,16,19H,2-3,6-9,11-12H2,1H3. The molecule has 0 amide bonds. The Hall–Kier alpha value is -0.770. The Balaban J connectivity index is 1.49. The molecule has 4 heteroatoms. The van der Waals surface area contributed by atoms with Gasteiger partial charge in [-0.1, -0.05) is 11.6 Å². The number of ether oxygens (including phenoxy) is 1. The van der Waals surface area contributed by atoms with Crippen molar-refractivity contribution in [2.45, 2.75) is 38.3 Å². The SMILES string of the molecule is COc1ccc(Cl)cc1CN1CCC(NCC2CC2)CC1. The van der Waals surface area contributed by atoms with Crippen LogP contribution >= 0.6 is 11.6 Å². The number of piperidine rings is 1. The molecule has 1 aliphatic carbocycles. The van der Waals surface area contributed by atoms with Crippen LogP contribution in [0, 0.1) is 5.92 Å². The number of rotatable bonds is 6. The highest BCUT2D eigenvalue weighted by molar-refractivity contribution is 6.30. The smallest absolute Gasteiger partial charge is 0.123 e. The minimum atomic E-state index is 0.711. The molecule has 116 valence electrons. The number of benzene rings is 1. The van der Waals surface area contributed by atoms with E-state index in [4.69, 9.17) is 16.3 Å². The van der Waals surface area contributed by atoms with Gasteiger partial charge in [-0.25, -0.2) is 0 Å². The molecule has 1 aromatic carbocycles. The maximum atomic E-state index is 6.11. The molecular formula is C17H25ClN2O. The molecule has 1 aromatic rings. The van der Waals surface area contributed by atoms with E-state index in [1.54, 1.807) is 7.11 Å². The zero-order chi connectivity index (χ0) is 14.7. The summed E-state index contributed by atoms with van der Waals surface area (Å²) in [5.41, 5.74) is 1.19. The first-order valence-electron chi connectivity index (χ1n) is 8.03. The Bertz CT molecular complexity index is 468. The second-order valence-corrected chi connectivity index (χ2v) is 6.79. The van der Waals surface area contributed by atoms with Gasteiger partial charge in [-0.15, -0.1) is 0 Å². The summed E-state index contributed by atoms with van der Waals surface area (Å²) in [6.45, 7) is 4.46. The summed E-state index contributed by atoms with van der Waals surface area (Å²) >= 11 is 6.11. The molecule has 2 fully saturated rings. The first-order valence-corrected chi connectivity index (χ1v) is 8.40. The first-order chi connectivity index (χ1) is 10.2. The van der Waals surface area contributed by atoms with Gasteiger partial charge in [0.1, 0.15) is 5.75 Å². The van der Waals surface area contributed by atoms with Crippen LogP contribution in [0.3, 0.4) is 0 Å². The number of hydrogen-bond donors (Lipinski definition) is 1. The van der Waals surface area contributed by atoms with Crippen LogP contribution in [-0.2, 0) is 6.54 Å². The summed E-state index contributed by atoms with van der Waals surface area (Å²) in [6.07, 6.45) is 5.35. The molecule has 0 aromatic heterocycles. The molecule has 2 aliphatic rings. The number of hydrogen-bond acceptors (Lipinski definition) is 3. The van der Waals surface area contributed by atoms with Crippen LogP contribution in [0.5, 0.6) is 5.75 Å². The Morgan fingerprint density at radius 3 is 2.67 bits per heavy atom. The van der Waals surface area contributed by atoms with Gasteiger partial charge in [0.2, 0.25) is 0 Å². The van der Waals surface area contributed by atoms with Crippen molar-refractivity contribution in [3.8, 4) is 5.75 Å². The van der Waals surface area contributed by atoms with E-state index in [1.807, 2.05) is 18.2 Å². The van der Waals surface area contributed by atoms with Crippen LogP contribution in [-0.4, -0.2) is 37.7 Å². The lowest BCUT2D eigenvalue weighted by Gasteiger charge is -2.32. The molecule has 1 N–H and O–H groups in total. The number of nitrogens with one attached hydrogen (secondary N) is 1. The molecule has 1 aliphatic heterocycles. The van der Waals surface area contributed by atoms with Crippen LogP contribution in [0.2, 0.25) is 5.02 Å². The first kappa shape index (κ1) is 15.1. The predicted octanol–water partition coefficient (Wildman–Crippen LogP) is 3.31. The van der Waals surface area contributed by atoms with Gasteiger partial charge >= 0.3 is 0 Å². The van der Waals surface area contributed by atoms with E-state index in [2.05, 4.69) is 10.2 Å². The highest BCUT2D eigenvalue weighted by Crippen LogP contribution is 2.28. The highest BCUT2D eigenvalue weighted by Gasteiger charge is 2.24. The maximum absolute atomic E-state index is 6.11. The zero-order valence-corrected chi connectivity index (χ0v) is 13.5. The molecule has 0 unspecified atom stereocenters. The summed E-state index contributed by atoms with van der Waals surface area (Å²) in [7, 11) is 1.72. The quantitative estimate of drug-likeness (QED) is 0.872. The van der Waals surface area contributed by atoms with Gasteiger partial charge in [-0.2, -0.15) is 0 Å². The Morgan fingerprint density at radius 2 is 2.00 bits per heavy atom. The Morgan fingerprint density at radius 1 is 1.24 bits per heavy atom. The van der Waals surface area contributed by atoms with Crippen LogP contribution in [0.15, 0.2) is 18.2 Å². The summed E-state index contributed by atoms with van der Waals surface area (Å²) in [4.78, 5) is 2.50. The fourth-order valence-corrected chi connectivity index (χ4v) is 3.26. The molecule has 3 rings (SSSR count). The third-order valence-electron chi connectivity index (χ3n) is 4.62. The van der Waals surface area contributed by atoms with E-state index in [0.29, 0.717) is 6.04 Å². The van der Waals surface area contributed by atoms with Crippen molar-refractivity contribution in [1.29, 1.82) is 0 Å². The second kappa shape index (κ2) is 6.99. The predicted molar refractivity (Wildman–Crippen MR) is 87.0 cm³/mol. The van der Waals surface area contributed by atoms with Gasteiger partial charge in [0.25, 0.3) is 0 Å². The molecule has 3 nitrogen and oxygen atoms in total. The van der Waals surface area contributed by atoms with Gasteiger partial charge in [0, 0.05) is 23.2 Å². The maximum Gasteiger partial charge on any atom is 0.123 e. The van der Waals surface area contributed by atoms with E-state index in [0.717, 1.165) is 36.3 Å². The topological polar surface area (TPSA) is 24.5 Å². The van der Waals surface area contributed by atoms with Gasteiger partial charge in [0.15, 0.2) is 0 Å². The molecule has 0 bridgehead atoms. The Labute approximate surface area is 132 Å². The van der Waals surface area contributed by atoms with Crippen molar-refractivity contribution >= 4 is 11.6 Å². The second-order valence-electron chi connectivity index (χ2n) is 6.36. The van der Waals surface area contributed by atoms with E-state index in [9.17, 15) is 0 Å². The van der Waals surface area contributed by atoms with Crippen molar-refractivity contribution in [1.82, 2.24) is 10.2 Å². The van der Waals surface area contributed by atoms with Gasteiger partial charge in [-0.3, -0.25) is 4.90 Å². The fourth-order valence-electron chi connectivity index (χ4n) is 3.06. The van der Waals surface area contributed by atoms with Crippen molar-refractivity contribution < 1.29 is 4.74 Å². The molecule has 0 radical (unpaired) electrons. The van der Waals surface area contributed by atoms with E-state index in [1.165, 1.54) is 37.8 Å². The monoisotopic (exact) mass is 308 g/mol. The third kappa shape index (κ3) is 4.35. The van der Waals surface area contributed by atoms with Gasteiger partial charge < -0.3 is 10.1 Å². The summed E-state index contributed by atoms with van der Waals surface area (Å²) in [6, 6.07) is 6.58. The van der Waals surface area contributed by atoms with E-state index in [-0.39, 0.29) is 0 Å². The number of halogens is 1.